The van der Waals surface area contributed by atoms with E-state index >= 15 is 0 Å². The van der Waals surface area contributed by atoms with Crippen LogP contribution in [0.15, 0.2) is 54.7 Å². The van der Waals surface area contributed by atoms with E-state index in [-0.39, 0.29) is 0 Å². The predicted molar refractivity (Wildman–Crippen MR) is 81.2 cm³/mol. The summed E-state index contributed by atoms with van der Waals surface area (Å²) in [6.45, 7) is 0. The van der Waals surface area contributed by atoms with E-state index in [1.807, 2.05) is 43.5 Å². The third-order valence-electron chi connectivity index (χ3n) is 3.37. The maximum Gasteiger partial charge on any atom is 0.142 e. The third-order valence-corrected chi connectivity index (χ3v) is 3.37. The molecule has 3 rings (SSSR count). The Bertz CT molecular complexity index is 785. The molecular weight excluding hydrogens is 248 g/mol. The molecule has 1 aromatic carbocycles. The summed E-state index contributed by atoms with van der Waals surface area (Å²) in [6, 6.07) is 14.1. The molecule has 0 aliphatic heterocycles. The quantitative estimate of drug-likeness (QED) is 0.535. The Morgan fingerprint density at radius 3 is 2.65 bits per heavy atom. The summed E-state index contributed by atoms with van der Waals surface area (Å²) in [7, 11) is 2.00. The van der Waals surface area contributed by atoms with Crippen molar-refractivity contribution in [2.45, 2.75) is 0 Å². The zero-order valence-electron chi connectivity index (χ0n) is 11.2. The molecule has 3 nitrogen and oxygen atoms in total. The monoisotopic (exact) mass is 262 g/mol. The second kappa shape index (κ2) is 5.13. The van der Waals surface area contributed by atoms with Gasteiger partial charge >= 0.3 is 0 Å². The maximum absolute atomic E-state index is 10.7. The number of rotatable bonds is 3. The van der Waals surface area contributed by atoms with Crippen molar-refractivity contribution < 1.29 is 4.79 Å². The summed E-state index contributed by atoms with van der Waals surface area (Å²) in [5, 5.41) is 1.05. The van der Waals surface area contributed by atoms with E-state index in [0.29, 0.717) is 0 Å². The molecular formula is C17H14N2O. The van der Waals surface area contributed by atoms with Crippen molar-refractivity contribution in [1.29, 1.82) is 0 Å². The number of allylic oxidation sites excluding steroid dienone is 1. The first-order chi connectivity index (χ1) is 9.83. The van der Waals surface area contributed by atoms with Gasteiger partial charge in [0.05, 0.1) is 5.69 Å². The molecule has 0 radical (unpaired) electrons. The fourth-order valence-electron chi connectivity index (χ4n) is 2.54. The van der Waals surface area contributed by atoms with Crippen LogP contribution in [0.1, 0.15) is 5.56 Å². The number of pyridine rings is 1. The van der Waals surface area contributed by atoms with Crippen molar-refractivity contribution >= 4 is 23.4 Å². The van der Waals surface area contributed by atoms with E-state index in [0.717, 1.165) is 34.1 Å². The molecule has 3 aromatic rings. The fraction of sp³-hybridized carbons (Fsp3) is 0.0588. The van der Waals surface area contributed by atoms with Crippen LogP contribution >= 0.6 is 0 Å². The molecule has 0 aliphatic carbocycles. The summed E-state index contributed by atoms with van der Waals surface area (Å²) in [5.74, 6) is 0. The average molecular weight is 262 g/mol. The SMILES string of the molecule is Cn1c(-c2ccccc2)c(C=CC=O)c2cccnc21. The maximum atomic E-state index is 10.7. The topological polar surface area (TPSA) is 34.9 Å². The minimum Gasteiger partial charge on any atom is -0.328 e. The zero-order chi connectivity index (χ0) is 13.9. The number of nitrogens with zero attached hydrogens (tertiary/aromatic N) is 2. The van der Waals surface area contributed by atoms with Gasteiger partial charge in [0.1, 0.15) is 11.9 Å². The number of carbonyl (C=O) groups excluding carboxylic acids is 1. The van der Waals surface area contributed by atoms with Crippen LogP contribution in [-0.2, 0) is 11.8 Å². The van der Waals surface area contributed by atoms with Crippen molar-refractivity contribution in [3.8, 4) is 11.3 Å². The number of benzene rings is 1. The summed E-state index contributed by atoms with van der Waals surface area (Å²) < 4.78 is 2.06. The molecule has 0 saturated heterocycles. The summed E-state index contributed by atoms with van der Waals surface area (Å²) in [6.07, 6.45) is 5.95. The van der Waals surface area contributed by atoms with Crippen molar-refractivity contribution in [3.63, 3.8) is 0 Å². The van der Waals surface area contributed by atoms with Crippen LogP contribution in [0.2, 0.25) is 0 Å². The number of hydrogen-bond acceptors (Lipinski definition) is 2. The number of aryl methyl sites for hydroxylation is 1. The van der Waals surface area contributed by atoms with Gasteiger partial charge in [0.25, 0.3) is 0 Å². The lowest BCUT2D eigenvalue weighted by atomic mass is 10.1. The average Bonchev–Trinajstić information content (AvgIpc) is 2.79. The van der Waals surface area contributed by atoms with Gasteiger partial charge in [-0.05, 0) is 29.8 Å². The van der Waals surface area contributed by atoms with Gasteiger partial charge in [-0.1, -0.05) is 30.3 Å². The van der Waals surface area contributed by atoms with Crippen LogP contribution < -0.4 is 0 Å². The van der Waals surface area contributed by atoms with Gasteiger partial charge < -0.3 is 4.57 Å². The smallest absolute Gasteiger partial charge is 0.142 e. The third kappa shape index (κ3) is 1.93. The van der Waals surface area contributed by atoms with Crippen molar-refractivity contribution in [3.05, 3.63) is 60.3 Å². The molecule has 2 aromatic heterocycles. The van der Waals surface area contributed by atoms with Crippen LogP contribution in [-0.4, -0.2) is 15.8 Å². The predicted octanol–water partition coefficient (Wildman–Crippen LogP) is 3.45. The van der Waals surface area contributed by atoms with E-state index in [2.05, 4.69) is 21.7 Å². The Balaban J connectivity index is 2.37. The lowest BCUT2D eigenvalue weighted by Crippen LogP contribution is -1.93. The molecule has 2 heterocycles. The van der Waals surface area contributed by atoms with Gasteiger partial charge in [-0.3, -0.25) is 4.79 Å². The summed E-state index contributed by atoms with van der Waals surface area (Å²) in [5.41, 5.74) is 4.11. The lowest BCUT2D eigenvalue weighted by Gasteiger charge is -2.05. The largest absolute Gasteiger partial charge is 0.328 e. The number of hydrogen-bond donors (Lipinski definition) is 0. The van der Waals surface area contributed by atoms with E-state index in [4.69, 9.17) is 0 Å². The Labute approximate surface area is 117 Å². The van der Waals surface area contributed by atoms with Gasteiger partial charge in [-0.15, -0.1) is 0 Å². The van der Waals surface area contributed by atoms with Gasteiger partial charge in [-0.2, -0.15) is 0 Å². The molecule has 0 aliphatic rings. The number of carbonyl (C=O) groups is 1. The van der Waals surface area contributed by atoms with E-state index in [9.17, 15) is 4.79 Å². The highest BCUT2D eigenvalue weighted by Gasteiger charge is 2.14. The van der Waals surface area contributed by atoms with Gasteiger partial charge in [0.2, 0.25) is 0 Å². The van der Waals surface area contributed by atoms with Crippen molar-refractivity contribution in [2.24, 2.45) is 7.05 Å². The van der Waals surface area contributed by atoms with Crippen LogP contribution in [0.5, 0.6) is 0 Å². The van der Waals surface area contributed by atoms with Crippen molar-refractivity contribution in [2.75, 3.05) is 0 Å². The summed E-state index contributed by atoms with van der Waals surface area (Å²) in [4.78, 5) is 15.1. The first-order valence-electron chi connectivity index (χ1n) is 6.43. The highest BCUT2D eigenvalue weighted by molar-refractivity contribution is 5.97. The molecule has 3 heteroatoms. The minimum atomic E-state index is 0.796. The number of aldehydes is 1. The Hall–Kier alpha value is -2.68. The first-order valence-corrected chi connectivity index (χ1v) is 6.43. The second-order valence-corrected chi connectivity index (χ2v) is 4.56. The molecule has 20 heavy (non-hydrogen) atoms. The molecule has 0 unspecified atom stereocenters. The zero-order valence-corrected chi connectivity index (χ0v) is 11.2. The van der Waals surface area contributed by atoms with Crippen LogP contribution in [0.25, 0.3) is 28.4 Å². The van der Waals surface area contributed by atoms with Gasteiger partial charge in [0.15, 0.2) is 0 Å². The van der Waals surface area contributed by atoms with Crippen LogP contribution in [0.4, 0.5) is 0 Å². The summed E-state index contributed by atoms with van der Waals surface area (Å²) >= 11 is 0. The standard InChI is InChI=1S/C17H14N2O/c1-19-16(13-7-3-2-4-8-13)14(10-6-12-20)15-9-5-11-18-17(15)19/h2-12H,1H3. The molecule has 0 bridgehead atoms. The Morgan fingerprint density at radius 2 is 1.90 bits per heavy atom. The highest BCUT2D eigenvalue weighted by Crippen LogP contribution is 2.32. The van der Waals surface area contributed by atoms with Gasteiger partial charge in [-0.25, -0.2) is 4.98 Å². The lowest BCUT2D eigenvalue weighted by molar-refractivity contribution is -0.104. The molecule has 0 N–H and O–H groups in total. The van der Waals surface area contributed by atoms with E-state index < -0.39 is 0 Å². The molecule has 0 amide bonds. The first kappa shape index (κ1) is 12.4. The Morgan fingerprint density at radius 1 is 1.10 bits per heavy atom. The Kier molecular flexibility index (Phi) is 3.17. The second-order valence-electron chi connectivity index (χ2n) is 4.56. The van der Waals surface area contributed by atoms with Crippen molar-refractivity contribution in [1.82, 2.24) is 9.55 Å². The van der Waals surface area contributed by atoms with E-state index in [1.54, 1.807) is 6.20 Å². The van der Waals surface area contributed by atoms with Crippen LogP contribution in [0, 0.1) is 0 Å². The molecule has 0 spiro atoms. The molecule has 0 saturated carbocycles. The molecule has 0 fully saturated rings. The van der Waals surface area contributed by atoms with Crippen LogP contribution in [0.3, 0.4) is 0 Å². The number of fused-ring (bicyclic) bond motifs is 1. The normalized spacial score (nSPS) is 11.2. The van der Waals surface area contributed by atoms with Gasteiger partial charge in [0, 0.05) is 24.2 Å². The molecule has 0 atom stereocenters. The highest BCUT2D eigenvalue weighted by atomic mass is 16.1. The molecule has 98 valence electrons. The fourth-order valence-corrected chi connectivity index (χ4v) is 2.54. The number of aromatic nitrogens is 2. The minimum absolute atomic E-state index is 0.796. The van der Waals surface area contributed by atoms with E-state index in [1.165, 1.54) is 6.08 Å².